The van der Waals surface area contributed by atoms with E-state index in [0.717, 1.165) is 65.3 Å². The highest BCUT2D eigenvalue weighted by atomic mass is 35.5. The maximum absolute atomic E-state index is 6.21. The third kappa shape index (κ3) is 6.88. The first-order valence-corrected chi connectivity index (χ1v) is 15.4. The first-order valence-electron chi connectivity index (χ1n) is 14.1. The number of nitrogens with zero attached hydrogens (tertiary/aromatic N) is 3. The topological polar surface area (TPSA) is 28.6 Å². The predicted molar refractivity (Wildman–Crippen MR) is 170 cm³/mol. The van der Waals surface area contributed by atoms with Gasteiger partial charge in [0.2, 0.25) is 0 Å². The Morgan fingerprint density at radius 1 is 0.805 bits per heavy atom. The van der Waals surface area contributed by atoms with Gasteiger partial charge in [-0.1, -0.05) is 96.0 Å². The van der Waals surface area contributed by atoms with Crippen molar-refractivity contribution in [1.29, 1.82) is 0 Å². The highest BCUT2D eigenvalue weighted by Crippen LogP contribution is 2.32. The van der Waals surface area contributed by atoms with Crippen molar-refractivity contribution in [3.63, 3.8) is 0 Å². The van der Waals surface area contributed by atoms with E-state index in [9.17, 15) is 0 Å². The molecule has 1 aliphatic heterocycles. The maximum Gasteiger partial charge on any atom is 0.124 e. The molecule has 0 saturated carbocycles. The van der Waals surface area contributed by atoms with E-state index in [1.165, 1.54) is 16.7 Å². The molecule has 208 valence electrons. The fraction of sp³-hybridized carbons (Fsp3) is 0.229. The first kappa shape index (κ1) is 27.7. The normalized spacial score (nSPS) is 15.1. The van der Waals surface area contributed by atoms with Crippen LogP contribution in [-0.2, 0) is 13.2 Å². The molecule has 0 N–H and O–H groups in total. The standard InChI is InChI=1S/C35H34ClN3OS/c1-26-11-17-32(18-12-26)40-24-29-9-5-6-10-33(29)35-37-31(25-41-35)23-38-19-21-39(22-20-38)34(27-7-3-2-4-8-27)28-13-15-30(36)16-14-28/h2-18,25,34H,19-24H2,1H3. The molecule has 0 aliphatic carbocycles. The highest BCUT2D eigenvalue weighted by molar-refractivity contribution is 7.13. The summed E-state index contributed by atoms with van der Waals surface area (Å²) >= 11 is 7.92. The molecule has 1 atom stereocenters. The molecule has 1 aliphatic rings. The van der Waals surface area contributed by atoms with Crippen molar-refractivity contribution in [3.05, 3.63) is 141 Å². The Bertz CT molecular complexity index is 1540. The van der Waals surface area contributed by atoms with E-state index in [0.29, 0.717) is 6.61 Å². The van der Waals surface area contributed by atoms with Gasteiger partial charge in [-0.3, -0.25) is 9.80 Å². The lowest BCUT2D eigenvalue weighted by atomic mass is 9.96. The Kier molecular flexibility index (Phi) is 8.78. The zero-order valence-electron chi connectivity index (χ0n) is 23.2. The number of aromatic nitrogens is 1. The van der Waals surface area contributed by atoms with E-state index in [4.69, 9.17) is 21.3 Å². The Hall–Kier alpha value is -3.48. The van der Waals surface area contributed by atoms with Crippen LogP contribution in [0.15, 0.2) is 109 Å². The molecule has 5 aromatic rings. The summed E-state index contributed by atoms with van der Waals surface area (Å²) in [7, 11) is 0. The number of benzene rings is 4. The smallest absolute Gasteiger partial charge is 0.124 e. The van der Waals surface area contributed by atoms with Crippen LogP contribution in [0.5, 0.6) is 5.75 Å². The molecule has 1 unspecified atom stereocenters. The summed E-state index contributed by atoms with van der Waals surface area (Å²) in [5.74, 6) is 0.884. The van der Waals surface area contributed by atoms with Crippen LogP contribution in [-0.4, -0.2) is 41.0 Å². The number of hydrogen-bond donors (Lipinski definition) is 0. The van der Waals surface area contributed by atoms with Gasteiger partial charge in [-0.15, -0.1) is 11.3 Å². The summed E-state index contributed by atoms with van der Waals surface area (Å²) in [4.78, 5) is 10.2. The summed E-state index contributed by atoms with van der Waals surface area (Å²) < 4.78 is 6.09. The molecule has 1 aromatic heterocycles. The fourth-order valence-corrected chi connectivity index (χ4v) is 6.45. The molecule has 4 aromatic carbocycles. The van der Waals surface area contributed by atoms with Crippen molar-refractivity contribution in [2.75, 3.05) is 26.2 Å². The second kappa shape index (κ2) is 13.0. The lowest BCUT2D eigenvalue weighted by molar-refractivity contribution is 0.104. The van der Waals surface area contributed by atoms with Crippen LogP contribution >= 0.6 is 22.9 Å². The SMILES string of the molecule is Cc1ccc(OCc2ccccc2-c2nc(CN3CCN(C(c4ccccc4)c4ccc(Cl)cc4)CC3)cs2)cc1. The molecule has 4 nitrogen and oxygen atoms in total. The van der Waals surface area contributed by atoms with Gasteiger partial charge in [0, 0.05) is 48.7 Å². The van der Waals surface area contributed by atoms with Crippen molar-refractivity contribution in [3.8, 4) is 16.3 Å². The molecule has 6 rings (SSSR count). The van der Waals surface area contributed by atoms with Crippen LogP contribution < -0.4 is 4.74 Å². The van der Waals surface area contributed by atoms with Gasteiger partial charge in [0.1, 0.15) is 17.4 Å². The Morgan fingerprint density at radius 3 is 2.24 bits per heavy atom. The van der Waals surface area contributed by atoms with Gasteiger partial charge in [0.25, 0.3) is 0 Å². The Labute approximate surface area is 251 Å². The molecular weight excluding hydrogens is 546 g/mol. The number of thiazole rings is 1. The van der Waals surface area contributed by atoms with Gasteiger partial charge >= 0.3 is 0 Å². The van der Waals surface area contributed by atoms with Gasteiger partial charge < -0.3 is 4.74 Å². The van der Waals surface area contributed by atoms with E-state index in [2.05, 4.69) is 101 Å². The molecule has 41 heavy (non-hydrogen) atoms. The van der Waals surface area contributed by atoms with Crippen molar-refractivity contribution in [1.82, 2.24) is 14.8 Å². The molecule has 1 fully saturated rings. The van der Waals surface area contributed by atoms with Crippen LogP contribution in [0.3, 0.4) is 0 Å². The molecule has 2 heterocycles. The zero-order valence-corrected chi connectivity index (χ0v) is 24.8. The number of hydrogen-bond acceptors (Lipinski definition) is 5. The number of halogens is 1. The first-order chi connectivity index (χ1) is 20.1. The van der Waals surface area contributed by atoms with Crippen molar-refractivity contribution < 1.29 is 4.74 Å². The number of piperazine rings is 1. The van der Waals surface area contributed by atoms with E-state index in [-0.39, 0.29) is 6.04 Å². The molecule has 0 amide bonds. The molecule has 0 spiro atoms. The second-order valence-corrected chi connectivity index (χ2v) is 11.9. The minimum absolute atomic E-state index is 0.222. The third-order valence-electron chi connectivity index (χ3n) is 7.67. The van der Waals surface area contributed by atoms with Crippen molar-refractivity contribution >= 4 is 22.9 Å². The molecular formula is C35H34ClN3OS. The molecule has 6 heteroatoms. The van der Waals surface area contributed by atoms with E-state index >= 15 is 0 Å². The molecule has 0 bridgehead atoms. The van der Waals surface area contributed by atoms with Crippen molar-refractivity contribution in [2.24, 2.45) is 0 Å². The summed E-state index contributed by atoms with van der Waals surface area (Å²) in [6.07, 6.45) is 0. The van der Waals surface area contributed by atoms with Gasteiger partial charge in [-0.2, -0.15) is 0 Å². The number of rotatable bonds is 9. The zero-order chi connectivity index (χ0) is 28.0. The summed E-state index contributed by atoms with van der Waals surface area (Å²) in [6.45, 7) is 7.48. The Morgan fingerprint density at radius 2 is 1.49 bits per heavy atom. The Balaban J connectivity index is 1.10. The second-order valence-electron chi connectivity index (χ2n) is 10.6. The van der Waals surface area contributed by atoms with E-state index in [1.54, 1.807) is 11.3 Å². The van der Waals surface area contributed by atoms with Gasteiger partial charge in [0.05, 0.1) is 11.7 Å². The predicted octanol–water partition coefficient (Wildman–Crippen LogP) is 8.26. The lowest BCUT2D eigenvalue weighted by Crippen LogP contribution is -2.47. The van der Waals surface area contributed by atoms with E-state index in [1.807, 2.05) is 24.3 Å². The van der Waals surface area contributed by atoms with E-state index < -0.39 is 0 Å². The summed E-state index contributed by atoms with van der Waals surface area (Å²) in [6, 6.07) is 36.0. The summed E-state index contributed by atoms with van der Waals surface area (Å²) in [5.41, 5.74) is 7.25. The van der Waals surface area contributed by atoms with Crippen LogP contribution in [0.4, 0.5) is 0 Å². The third-order valence-corrected chi connectivity index (χ3v) is 8.85. The maximum atomic E-state index is 6.21. The van der Waals surface area contributed by atoms with Crippen LogP contribution in [0.2, 0.25) is 5.02 Å². The van der Waals surface area contributed by atoms with Gasteiger partial charge in [-0.05, 0) is 47.9 Å². The average molecular weight is 580 g/mol. The quantitative estimate of drug-likeness (QED) is 0.176. The van der Waals surface area contributed by atoms with Gasteiger partial charge in [0.15, 0.2) is 0 Å². The molecule has 1 saturated heterocycles. The molecule has 0 radical (unpaired) electrons. The summed E-state index contributed by atoms with van der Waals surface area (Å²) in [5, 5.41) is 4.03. The monoisotopic (exact) mass is 579 g/mol. The minimum Gasteiger partial charge on any atom is -0.489 e. The highest BCUT2D eigenvalue weighted by Gasteiger charge is 2.27. The van der Waals surface area contributed by atoms with Gasteiger partial charge in [-0.25, -0.2) is 4.98 Å². The van der Waals surface area contributed by atoms with Crippen LogP contribution in [0, 0.1) is 6.92 Å². The average Bonchev–Trinajstić information content (AvgIpc) is 3.48. The number of ether oxygens (including phenoxy) is 1. The largest absolute Gasteiger partial charge is 0.489 e. The van der Waals surface area contributed by atoms with Crippen LogP contribution in [0.25, 0.3) is 10.6 Å². The minimum atomic E-state index is 0.222. The van der Waals surface area contributed by atoms with Crippen LogP contribution in [0.1, 0.15) is 34.0 Å². The lowest BCUT2D eigenvalue weighted by Gasteiger charge is -2.39. The van der Waals surface area contributed by atoms with Crippen molar-refractivity contribution in [2.45, 2.75) is 26.1 Å². The number of aryl methyl sites for hydroxylation is 1. The fourth-order valence-electron chi connectivity index (χ4n) is 5.46.